The molecule has 7 heteroatoms. The van der Waals surface area contributed by atoms with Gasteiger partial charge in [-0.25, -0.2) is 4.79 Å². The van der Waals surface area contributed by atoms with Crippen molar-refractivity contribution in [3.63, 3.8) is 0 Å². The van der Waals surface area contributed by atoms with Gasteiger partial charge in [0.2, 0.25) is 6.79 Å². The van der Waals surface area contributed by atoms with Gasteiger partial charge in [-0.3, -0.25) is 4.90 Å². The minimum absolute atomic E-state index is 0.183. The van der Waals surface area contributed by atoms with Gasteiger partial charge in [0, 0.05) is 37.6 Å². The van der Waals surface area contributed by atoms with E-state index in [9.17, 15) is 4.79 Å². The van der Waals surface area contributed by atoms with Crippen molar-refractivity contribution in [2.45, 2.75) is 31.7 Å². The first-order chi connectivity index (χ1) is 15.2. The molecule has 2 aromatic rings. The maximum absolute atomic E-state index is 12.6. The third-order valence-corrected chi connectivity index (χ3v) is 6.51. The highest BCUT2D eigenvalue weighted by Gasteiger charge is 2.25. The summed E-state index contributed by atoms with van der Waals surface area (Å²) in [4.78, 5) is 17.5. The molecule has 3 aliphatic rings. The molecule has 0 aliphatic carbocycles. The summed E-state index contributed by atoms with van der Waals surface area (Å²) in [7, 11) is 2.16. The number of urea groups is 1. The van der Waals surface area contributed by atoms with Crippen LogP contribution in [0.1, 0.15) is 36.4 Å². The summed E-state index contributed by atoms with van der Waals surface area (Å²) < 4.78 is 10.7. The van der Waals surface area contributed by atoms with Crippen molar-refractivity contribution in [3.05, 3.63) is 47.5 Å². The first-order valence-corrected chi connectivity index (χ1v) is 11.2. The van der Waals surface area contributed by atoms with Crippen LogP contribution >= 0.6 is 0 Å². The second-order valence-electron chi connectivity index (χ2n) is 8.58. The van der Waals surface area contributed by atoms with Gasteiger partial charge in [0.1, 0.15) is 0 Å². The smallest absolute Gasteiger partial charge is 0.319 e. The van der Waals surface area contributed by atoms with Crippen LogP contribution in [0.25, 0.3) is 0 Å². The Morgan fingerprint density at radius 1 is 1.03 bits per heavy atom. The van der Waals surface area contributed by atoms with E-state index in [1.54, 1.807) is 6.07 Å². The zero-order valence-corrected chi connectivity index (χ0v) is 18.0. The number of nitrogens with zero attached hydrogens (tertiary/aromatic N) is 2. The average Bonchev–Trinajstić information content (AvgIpc) is 3.46. The number of rotatable bonds is 5. The third-order valence-electron chi connectivity index (χ3n) is 6.51. The number of likely N-dealkylation sites (tertiary alicyclic amines) is 1. The van der Waals surface area contributed by atoms with E-state index in [-0.39, 0.29) is 18.9 Å². The molecule has 0 aromatic heterocycles. The monoisotopic (exact) mass is 422 g/mol. The molecule has 0 unspecified atom stereocenters. The van der Waals surface area contributed by atoms with E-state index in [1.165, 1.54) is 36.1 Å². The van der Waals surface area contributed by atoms with Crippen LogP contribution in [0.5, 0.6) is 11.5 Å². The standard InChI is InChI=1S/C24H30N4O3/c1-27-10-4-5-17-13-18(6-8-20(17)27)21(28-11-2-3-12-28)15-25-24(29)26-19-7-9-22-23(14-19)31-16-30-22/h6-9,13-14,21H,2-5,10-12,15-16H2,1H3,(H2,25,26,29)/t21-/m0/s1. The molecule has 1 saturated heterocycles. The lowest BCUT2D eigenvalue weighted by atomic mass is 9.96. The number of carbonyl (C=O) groups excluding carboxylic acids is 1. The predicted molar refractivity (Wildman–Crippen MR) is 121 cm³/mol. The van der Waals surface area contributed by atoms with E-state index in [2.05, 4.69) is 45.7 Å². The SMILES string of the molecule is CN1CCCc2cc([C@H](CNC(=O)Nc3ccc4c(c3)OCO4)N3CCCC3)ccc21. The largest absolute Gasteiger partial charge is 0.454 e. The molecule has 2 amide bonds. The molecule has 0 bridgehead atoms. The fourth-order valence-electron chi connectivity index (χ4n) is 4.86. The van der Waals surface area contributed by atoms with E-state index in [4.69, 9.17) is 9.47 Å². The molecule has 0 spiro atoms. The van der Waals surface area contributed by atoms with Gasteiger partial charge in [0.05, 0.1) is 6.04 Å². The van der Waals surface area contributed by atoms with E-state index in [0.29, 0.717) is 23.7 Å². The van der Waals surface area contributed by atoms with Crippen molar-refractivity contribution in [2.24, 2.45) is 0 Å². The van der Waals surface area contributed by atoms with Gasteiger partial charge in [-0.2, -0.15) is 0 Å². The van der Waals surface area contributed by atoms with Gasteiger partial charge in [-0.05, 0) is 68.1 Å². The first kappa shape index (κ1) is 20.0. The van der Waals surface area contributed by atoms with Crippen molar-refractivity contribution in [1.82, 2.24) is 10.2 Å². The number of anilines is 2. The lowest BCUT2D eigenvalue weighted by Crippen LogP contribution is -2.38. The van der Waals surface area contributed by atoms with Crippen LogP contribution in [-0.4, -0.2) is 51.0 Å². The zero-order chi connectivity index (χ0) is 21.2. The lowest BCUT2D eigenvalue weighted by Gasteiger charge is -2.32. The Balaban J connectivity index is 1.28. The summed E-state index contributed by atoms with van der Waals surface area (Å²) in [6, 6.07) is 12.2. The molecule has 1 fully saturated rings. The Hall–Kier alpha value is -2.93. The fraction of sp³-hybridized carbons (Fsp3) is 0.458. The highest BCUT2D eigenvalue weighted by molar-refractivity contribution is 5.89. The molecule has 0 radical (unpaired) electrons. The van der Waals surface area contributed by atoms with Crippen LogP contribution in [0.15, 0.2) is 36.4 Å². The molecule has 31 heavy (non-hydrogen) atoms. The van der Waals surface area contributed by atoms with Crippen molar-refractivity contribution in [3.8, 4) is 11.5 Å². The number of hydrogen-bond donors (Lipinski definition) is 2. The number of hydrogen-bond acceptors (Lipinski definition) is 5. The van der Waals surface area contributed by atoms with Crippen LogP contribution in [0.3, 0.4) is 0 Å². The molecular formula is C24H30N4O3. The molecule has 2 N–H and O–H groups in total. The van der Waals surface area contributed by atoms with Gasteiger partial charge in [0.25, 0.3) is 0 Å². The Morgan fingerprint density at radius 2 is 1.87 bits per heavy atom. The normalized spacial score (nSPS) is 18.5. The fourth-order valence-corrected chi connectivity index (χ4v) is 4.86. The second kappa shape index (κ2) is 8.67. The number of aryl methyl sites for hydroxylation is 1. The van der Waals surface area contributed by atoms with Crippen LogP contribution in [0.2, 0.25) is 0 Å². The second-order valence-corrected chi connectivity index (χ2v) is 8.58. The number of nitrogens with one attached hydrogen (secondary N) is 2. The minimum Gasteiger partial charge on any atom is -0.454 e. The Bertz CT molecular complexity index is 958. The van der Waals surface area contributed by atoms with Crippen molar-refractivity contribution in [1.29, 1.82) is 0 Å². The summed E-state index contributed by atoms with van der Waals surface area (Å²) >= 11 is 0. The van der Waals surface area contributed by atoms with Crippen LogP contribution in [0.4, 0.5) is 16.2 Å². The van der Waals surface area contributed by atoms with Gasteiger partial charge in [-0.15, -0.1) is 0 Å². The van der Waals surface area contributed by atoms with E-state index < -0.39 is 0 Å². The predicted octanol–water partition coefficient (Wildman–Crippen LogP) is 3.76. The number of amides is 2. The Labute approximate surface area is 183 Å². The van der Waals surface area contributed by atoms with Crippen LogP contribution in [0, 0.1) is 0 Å². The molecule has 164 valence electrons. The number of benzene rings is 2. The summed E-state index contributed by atoms with van der Waals surface area (Å²) in [6.07, 6.45) is 4.75. The third kappa shape index (κ3) is 4.28. The molecule has 5 rings (SSSR count). The number of ether oxygens (including phenoxy) is 2. The van der Waals surface area contributed by atoms with Gasteiger partial charge in [0.15, 0.2) is 11.5 Å². The highest BCUT2D eigenvalue weighted by Crippen LogP contribution is 2.34. The Kier molecular flexibility index (Phi) is 5.59. The lowest BCUT2D eigenvalue weighted by molar-refractivity contribution is 0.174. The summed E-state index contributed by atoms with van der Waals surface area (Å²) in [5.41, 5.74) is 4.74. The summed E-state index contributed by atoms with van der Waals surface area (Å²) in [6.45, 7) is 4.06. The zero-order valence-electron chi connectivity index (χ0n) is 18.0. The molecule has 1 atom stereocenters. The Morgan fingerprint density at radius 3 is 2.74 bits per heavy atom. The number of carbonyl (C=O) groups is 1. The van der Waals surface area contributed by atoms with Crippen LogP contribution in [-0.2, 0) is 6.42 Å². The highest BCUT2D eigenvalue weighted by atomic mass is 16.7. The average molecular weight is 423 g/mol. The maximum atomic E-state index is 12.6. The van der Waals surface area contributed by atoms with Gasteiger partial charge in [-0.1, -0.05) is 12.1 Å². The molecule has 3 aliphatic heterocycles. The number of fused-ring (bicyclic) bond motifs is 2. The first-order valence-electron chi connectivity index (χ1n) is 11.2. The van der Waals surface area contributed by atoms with Crippen molar-refractivity contribution >= 4 is 17.4 Å². The summed E-state index contributed by atoms with van der Waals surface area (Å²) in [5, 5.41) is 6.00. The summed E-state index contributed by atoms with van der Waals surface area (Å²) in [5.74, 6) is 1.37. The molecule has 0 saturated carbocycles. The van der Waals surface area contributed by atoms with Crippen LogP contribution < -0.4 is 25.0 Å². The van der Waals surface area contributed by atoms with E-state index in [1.807, 2.05) is 12.1 Å². The van der Waals surface area contributed by atoms with E-state index in [0.717, 1.165) is 26.1 Å². The molecule has 7 nitrogen and oxygen atoms in total. The van der Waals surface area contributed by atoms with Crippen molar-refractivity contribution < 1.29 is 14.3 Å². The molecule has 3 heterocycles. The van der Waals surface area contributed by atoms with Gasteiger partial charge < -0.3 is 25.0 Å². The molecule has 2 aromatic carbocycles. The van der Waals surface area contributed by atoms with E-state index >= 15 is 0 Å². The molecular weight excluding hydrogens is 392 g/mol. The topological polar surface area (TPSA) is 66.1 Å². The van der Waals surface area contributed by atoms with Gasteiger partial charge >= 0.3 is 6.03 Å². The maximum Gasteiger partial charge on any atom is 0.319 e. The van der Waals surface area contributed by atoms with Crippen molar-refractivity contribution in [2.75, 3.05) is 50.2 Å². The minimum atomic E-state index is -0.208. The quantitative estimate of drug-likeness (QED) is 0.768.